The van der Waals surface area contributed by atoms with E-state index in [1.807, 2.05) is 0 Å². The van der Waals surface area contributed by atoms with Crippen LogP contribution in [-0.2, 0) is 10.0 Å². The number of piperazine rings is 1. The van der Waals surface area contributed by atoms with Crippen molar-refractivity contribution in [3.8, 4) is 11.5 Å². The standard InChI is InChI=1S/C17H20N2O5S2/c1-23-14-6-5-13(12-15(14)24-2)17(20)18-7-9-19(10-8-18)26(21,22)16-4-3-11-25-16/h3-6,11-12H,7-10H2,1-2H3. The highest BCUT2D eigenvalue weighted by Gasteiger charge is 2.31. The maximum Gasteiger partial charge on any atom is 0.254 e. The molecule has 0 unspecified atom stereocenters. The van der Waals surface area contributed by atoms with Crippen molar-refractivity contribution >= 4 is 27.3 Å². The fourth-order valence-electron chi connectivity index (χ4n) is 2.82. The number of methoxy groups -OCH3 is 2. The number of rotatable bonds is 5. The van der Waals surface area contributed by atoms with E-state index in [1.165, 1.54) is 29.9 Å². The number of hydrogen-bond donors (Lipinski definition) is 0. The zero-order valence-electron chi connectivity index (χ0n) is 14.5. The Morgan fingerprint density at radius 1 is 1.04 bits per heavy atom. The molecule has 0 spiro atoms. The Balaban J connectivity index is 1.69. The molecule has 1 aromatic heterocycles. The van der Waals surface area contributed by atoms with Gasteiger partial charge in [-0.1, -0.05) is 6.07 Å². The molecule has 1 aliphatic heterocycles. The summed E-state index contributed by atoms with van der Waals surface area (Å²) < 4.78 is 37.3. The van der Waals surface area contributed by atoms with Gasteiger partial charge in [0, 0.05) is 31.7 Å². The van der Waals surface area contributed by atoms with E-state index in [-0.39, 0.29) is 19.0 Å². The molecule has 9 heteroatoms. The predicted octanol–water partition coefficient (Wildman–Crippen LogP) is 1.91. The van der Waals surface area contributed by atoms with Gasteiger partial charge in [-0.05, 0) is 29.6 Å². The van der Waals surface area contributed by atoms with Gasteiger partial charge in [-0.15, -0.1) is 11.3 Å². The largest absolute Gasteiger partial charge is 0.493 e. The highest BCUT2D eigenvalue weighted by Crippen LogP contribution is 2.28. The number of carbonyl (C=O) groups excluding carboxylic acids is 1. The number of nitrogens with zero attached hydrogens (tertiary/aromatic N) is 2. The molecule has 26 heavy (non-hydrogen) atoms. The van der Waals surface area contributed by atoms with Gasteiger partial charge < -0.3 is 14.4 Å². The summed E-state index contributed by atoms with van der Waals surface area (Å²) in [7, 11) is -0.426. The molecule has 1 amide bonds. The van der Waals surface area contributed by atoms with Crippen molar-refractivity contribution < 1.29 is 22.7 Å². The van der Waals surface area contributed by atoms with E-state index in [4.69, 9.17) is 9.47 Å². The first-order valence-corrected chi connectivity index (χ1v) is 10.3. The third-order valence-electron chi connectivity index (χ3n) is 4.25. The lowest BCUT2D eigenvalue weighted by atomic mass is 10.1. The maximum atomic E-state index is 12.7. The number of amides is 1. The smallest absolute Gasteiger partial charge is 0.254 e. The zero-order valence-corrected chi connectivity index (χ0v) is 16.2. The van der Waals surface area contributed by atoms with Crippen LogP contribution in [0.15, 0.2) is 39.9 Å². The van der Waals surface area contributed by atoms with Crippen LogP contribution in [-0.4, -0.2) is 63.9 Å². The summed E-state index contributed by atoms with van der Waals surface area (Å²) in [6.07, 6.45) is 0. The van der Waals surface area contributed by atoms with E-state index in [0.29, 0.717) is 34.4 Å². The highest BCUT2D eigenvalue weighted by atomic mass is 32.2. The number of benzene rings is 1. The minimum absolute atomic E-state index is 0.154. The van der Waals surface area contributed by atoms with Gasteiger partial charge in [-0.3, -0.25) is 4.79 Å². The van der Waals surface area contributed by atoms with Gasteiger partial charge >= 0.3 is 0 Å². The van der Waals surface area contributed by atoms with E-state index in [9.17, 15) is 13.2 Å². The van der Waals surface area contributed by atoms with Gasteiger partial charge in [0.15, 0.2) is 11.5 Å². The zero-order chi connectivity index (χ0) is 18.7. The van der Waals surface area contributed by atoms with E-state index >= 15 is 0 Å². The van der Waals surface area contributed by atoms with Crippen LogP contribution in [0, 0.1) is 0 Å². The Labute approximate surface area is 156 Å². The molecule has 7 nitrogen and oxygen atoms in total. The molecule has 0 saturated carbocycles. The predicted molar refractivity (Wildman–Crippen MR) is 98.5 cm³/mol. The second-order valence-corrected chi connectivity index (χ2v) is 8.81. The Hall–Kier alpha value is -2.10. The topological polar surface area (TPSA) is 76.2 Å². The van der Waals surface area contributed by atoms with Gasteiger partial charge in [0.25, 0.3) is 15.9 Å². The number of hydrogen-bond acceptors (Lipinski definition) is 6. The average molecular weight is 396 g/mol. The number of carbonyl (C=O) groups is 1. The number of thiophene rings is 1. The molecule has 0 N–H and O–H groups in total. The summed E-state index contributed by atoms with van der Waals surface area (Å²) in [4.78, 5) is 14.4. The van der Waals surface area contributed by atoms with Crippen molar-refractivity contribution in [2.24, 2.45) is 0 Å². The lowest BCUT2D eigenvalue weighted by Crippen LogP contribution is -2.50. The van der Waals surface area contributed by atoms with Gasteiger partial charge in [0.2, 0.25) is 0 Å². The SMILES string of the molecule is COc1ccc(C(=O)N2CCN(S(=O)(=O)c3cccs3)CC2)cc1OC. The monoisotopic (exact) mass is 396 g/mol. The summed E-state index contributed by atoms with van der Waals surface area (Å²) in [6, 6.07) is 8.31. The molecule has 0 atom stereocenters. The Morgan fingerprint density at radius 3 is 2.31 bits per heavy atom. The van der Waals surface area contributed by atoms with Crippen LogP contribution in [0.2, 0.25) is 0 Å². The van der Waals surface area contributed by atoms with Crippen LogP contribution in [0.1, 0.15) is 10.4 Å². The van der Waals surface area contributed by atoms with Crippen LogP contribution >= 0.6 is 11.3 Å². The van der Waals surface area contributed by atoms with Gasteiger partial charge in [0.05, 0.1) is 14.2 Å². The summed E-state index contributed by atoms with van der Waals surface area (Å²) in [6.45, 7) is 1.24. The normalized spacial score (nSPS) is 15.7. The van der Waals surface area contributed by atoms with E-state index in [1.54, 1.807) is 40.6 Å². The van der Waals surface area contributed by atoms with Gasteiger partial charge in [0.1, 0.15) is 4.21 Å². The third-order valence-corrected chi connectivity index (χ3v) is 7.52. The molecule has 140 valence electrons. The molecule has 0 bridgehead atoms. The molecular formula is C17H20N2O5S2. The van der Waals surface area contributed by atoms with Crippen molar-refractivity contribution in [1.29, 1.82) is 0 Å². The average Bonchev–Trinajstić information content (AvgIpc) is 3.22. The second-order valence-electron chi connectivity index (χ2n) is 5.70. The van der Waals surface area contributed by atoms with E-state index in [2.05, 4.69) is 0 Å². The fourth-order valence-corrected chi connectivity index (χ4v) is 5.39. The van der Waals surface area contributed by atoms with Gasteiger partial charge in [-0.25, -0.2) is 8.42 Å². The lowest BCUT2D eigenvalue weighted by Gasteiger charge is -2.33. The number of ether oxygens (including phenoxy) is 2. The number of sulfonamides is 1. The van der Waals surface area contributed by atoms with Crippen molar-refractivity contribution in [3.63, 3.8) is 0 Å². The molecule has 0 aliphatic carbocycles. The molecule has 1 fully saturated rings. The molecule has 1 saturated heterocycles. The molecule has 2 heterocycles. The van der Waals surface area contributed by atoms with Crippen molar-refractivity contribution in [2.45, 2.75) is 4.21 Å². The fraction of sp³-hybridized carbons (Fsp3) is 0.353. The Morgan fingerprint density at radius 2 is 1.73 bits per heavy atom. The summed E-state index contributed by atoms with van der Waals surface area (Å²) in [5, 5.41) is 1.74. The quantitative estimate of drug-likeness (QED) is 0.772. The van der Waals surface area contributed by atoms with Crippen molar-refractivity contribution in [3.05, 3.63) is 41.3 Å². The van der Waals surface area contributed by atoms with Crippen LogP contribution in [0.4, 0.5) is 0 Å². The van der Waals surface area contributed by atoms with E-state index < -0.39 is 10.0 Å². The first-order chi connectivity index (χ1) is 12.5. The van der Waals surface area contributed by atoms with E-state index in [0.717, 1.165) is 0 Å². The van der Waals surface area contributed by atoms with Crippen LogP contribution in [0.25, 0.3) is 0 Å². The first-order valence-electron chi connectivity index (χ1n) is 8.02. The summed E-state index contributed by atoms with van der Waals surface area (Å²) in [5.41, 5.74) is 0.484. The molecule has 3 rings (SSSR count). The van der Waals surface area contributed by atoms with Crippen molar-refractivity contribution in [2.75, 3.05) is 40.4 Å². The lowest BCUT2D eigenvalue weighted by molar-refractivity contribution is 0.0697. The second kappa shape index (κ2) is 7.65. The minimum Gasteiger partial charge on any atom is -0.493 e. The van der Waals surface area contributed by atoms with Crippen molar-refractivity contribution in [1.82, 2.24) is 9.21 Å². The van der Waals surface area contributed by atoms with Crippen LogP contribution < -0.4 is 9.47 Å². The maximum absolute atomic E-state index is 12.7. The highest BCUT2D eigenvalue weighted by molar-refractivity contribution is 7.91. The molecular weight excluding hydrogens is 376 g/mol. The van der Waals surface area contributed by atoms with Gasteiger partial charge in [-0.2, -0.15) is 4.31 Å². The Bertz CT molecular complexity index is 873. The summed E-state index contributed by atoms with van der Waals surface area (Å²) in [5.74, 6) is 0.882. The Kier molecular flexibility index (Phi) is 5.49. The minimum atomic E-state index is -3.47. The molecule has 1 aliphatic rings. The first kappa shape index (κ1) is 18.7. The summed E-state index contributed by atoms with van der Waals surface area (Å²) >= 11 is 1.20. The van der Waals surface area contributed by atoms with Crippen LogP contribution in [0.5, 0.6) is 11.5 Å². The molecule has 1 aromatic carbocycles. The molecule has 0 radical (unpaired) electrons. The third kappa shape index (κ3) is 3.55. The molecule has 2 aromatic rings. The van der Waals surface area contributed by atoms with Crippen LogP contribution in [0.3, 0.4) is 0 Å².